The number of aryl methyl sites for hydroxylation is 1. The van der Waals surface area contributed by atoms with E-state index in [9.17, 15) is 8.42 Å². The van der Waals surface area contributed by atoms with Crippen LogP contribution in [0.3, 0.4) is 0 Å². The number of hydrogen-bond donors (Lipinski definition) is 1. The average Bonchev–Trinajstić information content (AvgIpc) is 2.46. The van der Waals surface area contributed by atoms with Gasteiger partial charge in [-0.1, -0.05) is 17.7 Å². The van der Waals surface area contributed by atoms with Crippen molar-refractivity contribution >= 4 is 10.1 Å². The number of benzene rings is 1. The molecule has 6 nitrogen and oxygen atoms in total. The molecule has 0 saturated carbocycles. The molecule has 2 aromatic rings. The molecule has 0 amide bonds. The van der Waals surface area contributed by atoms with E-state index < -0.39 is 16.2 Å². The minimum absolute atomic E-state index is 0.0990. The zero-order chi connectivity index (χ0) is 14.6. The molecule has 106 valence electrons. The first-order chi connectivity index (χ1) is 9.49. The van der Waals surface area contributed by atoms with Crippen molar-refractivity contribution in [1.82, 2.24) is 15.4 Å². The molecule has 0 spiro atoms. The number of hydrogen-bond acceptors (Lipinski definition) is 6. The van der Waals surface area contributed by atoms with Gasteiger partial charge in [0.05, 0.1) is 22.8 Å². The Hall–Kier alpha value is -1.83. The minimum atomic E-state index is -3.84. The van der Waals surface area contributed by atoms with Gasteiger partial charge in [-0.2, -0.15) is 18.2 Å². The summed E-state index contributed by atoms with van der Waals surface area (Å²) < 4.78 is 28.7. The van der Waals surface area contributed by atoms with Crippen molar-refractivity contribution in [2.45, 2.75) is 24.8 Å². The van der Waals surface area contributed by atoms with Gasteiger partial charge in [0.15, 0.2) is 0 Å². The van der Waals surface area contributed by atoms with E-state index in [2.05, 4.69) is 15.4 Å². The van der Waals surface area contributed by atoms with Crippen molar-refractivity contribution in [3.05, 3.63) is 54.1 Å². The van der Waals surface area contributed by atoms with Crippen LogP contribution in [0.5, 0.6) is 0 Å². The lowest BCUT2D eigenvalue weighted by atomic mass is 10.2. The Morgan fingerprint density at radius 2 is 1.90 bits per heavy atom. The molecule has 2 rings (SSSR count). The molecule has 0 aliphatic carbocycles. The van der Waals surface area contributed by atoms with Crippen LogP contribution < -0.4 is 5.48 Å². The molecule has 1 aromatic heterocycles. The van der Waals surface area contributed by atoms with Crippen molar-refractivity contribution in [3.8, 4) is 0 Å². The monoisotopic (exact) mass is 293 g/mol. The van der Waals surface area contributed by atoms with Gasteiger partial charge >= 0.3 is 10.1 Å². The van der Waals surface area contributed by atoms with Gasteiger partial charge in [0, 0.05) is 12.4 Å². The van der Waals surface area contributed by atoms with Crippen LogP contribution in [0.4, 0.5) is 0 Å². The summed E-state index contributed by atoms with van der Waals surface area (Å²) in [5.41, 5.74) is 4.03. The molecule has 1 heterocycles. The molecule has 0 aliphatic rings. The van der Waals surface area contributed by atoms with Crippen LogP contribution in [-0.2, 0) is 14.4 Å². The highest BCUT2D eigenvalue weighted by molar-refractivity contribution is 7.86. The second kappa shape index (κ2) is 6.08. The lowest BCUT2D eigenvalue weighted by Gasteiger charge is -2.12. The number of aromatic nitrogens is 2. The number of hydroxylamine groups is 1. The second-order valence-corrected chi connectivity index (χ2v) is 5.87. The van der Waals surface area contributed by atoms with E-state index in [1.54, 1.807) is 31.5 Å². The van der Waals surface area contributed by atoms with Crippen LogP contribution in [0, 0.1) is 6.92 Å². The van der Waals surface area contributed by atoms with Crippen molar-refractivity contribution in [2.24, 2.45) is 0 Å². The van der Waals surface area contributed by atoms with E-state index in [0.29, 0.717) is 5.69 Å². The third kappa shape index (κ3) is 3.60. The first-order valence-electron chi connectivity index (χ1n) is 6.00. The molecule has 0 aliphatic heterocycles. The van der Waals surface area contributed by atoms with E-state index in [1.807, 2.05) is 6.92 Å². The Labute approximate surface area is 117 Å². The van der Waals surface area contributed by atoms with Crippen molar-refractivity contribution in [3.63, 3.8) is 0 Å². The molecular formula is C13H15N3O3S. The van der Waals surface area contributed by atoms with Gasteiger partial charge < -0.3 is 0 Å². The van der Waals surface area contributed by atoms with Crippen molar-refractivity contribution in [2.75, 3.05) is 0 Å². The average molecular weight is 293 g/mol. The van der Waals surface area contributed by atoms with Gasteiger partial charge in [-0.15, -0.1) is 0 Å². The first kappa shape index (κ1) is 14.6. The summed E-state index contributed by atoms with van der Waals surface area (Å²) in [6.45, 7) is 3.61. The fourth-order valence-corrected chi connectivity index (χ4v) is 2.32. The molecule has 1 unspecified atom stereocenters. The van der Waals surface area contributed by atoms with Crippen LogP contribution in [-0.4, -0.2) is 18.4 Å². The summed E-state index contributed by atoms with van der Waals surface area (Å²) in [6.07, 6.45) is 4.61. The van der Waals surface area contributed by atoms with Gasteiger partial charge in [-0.3, -0.25) is 9.97 Å². The van der Waals surface area contributed by atoms with Gasteiger partial charge in [0.1, 0.15) is 0 Å². The summed E-state index contributed by atoms with van der Waals surface area (Å²) in [5.74, 6) is 0. The number of nitrogens with zero attached hydrogens (tertiary/aromatic N) is 2. The Bertz CT molecular complexity index is 657. The predicted molar refractivity (Wildman–Crippen MR) is 73.0 cm³/mol. The number of rotatable bonds is 5. The fraction of sp³-hybridized carbons (Fsp3) is 0.231. The lowest BCUT2D eigenvalue weighted by molar-refractivity contribution is 0.168. The van der Waals surface area contributed by atoms with Crippen LogP contribution in [0.2, 0.25) is 0 Å². The highest BCUT2D eigenvalue weighted by Crippen LogP contribution is 2.14. The maximum Gasteiger partial charge on any atom is 0.312 e. The predicted octanol–water partition coefficient (Wildman–Crippen LogP) is 1.76. The van der Waals surface area contributed by atoms with Crippen LogP contribution >= 0.6 is 0 Å². The minimum Gasteiger partial charge on any atom is -0.261 e. The molecule has 0 fully saturated rings. The van der Waals surface area contributed by atoms with E-state index >= 15 is 0 Å². The maximum absolute atomic E-state index is 12.0. The fourth-order valence-electron chi connectivity index (χ4n) is 1.48. The molecule has 0 radical (unpaired) electrons. The Kier molecular flexibility index (Phi) is 4.43. The summed E-state index contributed by atoms with van der Waals surface area (Å²) in [5, 5.41) is 0. The molecular weight excluding hydrogens is 278 g/mol. The van der Waals surface area contributed by atoms with Crippen molar-refractivity contribution in [1.29, 1.82) is 0 Å². The highest BCUT2D eigenvalue weighted by atomic mass is 32.2. The normalized spacial score (nSPS) is 13.1. The molecule has 0 saturated heterocycles. The molecule has 7 heteroatoms. The van der Waals surface area contributed by atoms with E-state index in [-0.39, 0.29) is 4.90 Å². The van der Waals surface area contributed by atoms with E-state index in [1.165, 1.54) is 18.3 Å². The molecule has 20 heavy (non-hydrogen) atoms. The Balaban J connectivity index is 2.04. The van der Waals surface area contributed by atoms with E-state index in [4.69, 9.17) is 4.28 Å². The molecule has 1 aromatic carbocycles. The zero-order valence-electron chi connectivity index (χ0n) is 11.1. The van der Waals surface area contributed by atoms with Gasteiger partial charge in [-0.05, 0) is 26.0 Å². The second-order valence-electron chi connectivity index (χ2n) is 4.32. The topological polar surface area (TPSA) is 81.2 Å². The zero-order valence-corrected chi connectivity index (χ0v) is 12.0. The third-order valence-corrected chi connectivity index (χ3v) is 3.84. The molecule has 1 N–H and O–H groups in total. The van der Waals surface area contributed by atoms with Crippen LogP contribution in [0.25, 0.3) is 0 Å². The molecule has 0 bridgehead atoms. The number of nitrogens with one attached hydrogen (secondary N) is 1. The quantitative estimate of drug-likeness (QED) is 0.846. The maximum atomic E-state index is 12.0. The SMILES string of the molecule is Cc1ccc(S(=O)(=O)ONC(C)c2cnccn2)cc1. The largest absolute Gasteiger partial charge is 0.312 e. The van der Waals surface area contributed by atoms with Crippen molar-refractivity contribution < 1.29 is 12.7 Å². The smallest absolute Gasteiger partial charge is 0.261 e. The van der Waals surface area contributed by atoms with Gasteiger partial charge in [0.2, 0.25) is 0 Å². The van der Waals surface area contributed by atoms with Gasteiger partial charge in [0.25, 0.3) is 0 Å². The van der Waals surface area contributed by atoms with E-state index in [0.717, 1.165) is 5.56 Å². The summed E-state index contributed by atoms with van der Waals surface area (Å²) in [6, 6.07) is 6.02. The first-order valence-corrected chi connectivity index (χ1v) is 7.41. The summed E-state index contributed by atoms with van der Waals surface area (Å²) in [7, 11) is -3.84. The lowest BCUT2D eigenvalue weighted by Crippen LogP contribution is -2.24. The van der Waals surface area contributed by atoms with Crippen LogP contribution in [0.1, 0.15) is 24.2 Å². The summed E-state index contributed by atoms with van der Waals surface area (Å²) >= 11 is 0. The van der Waals surface area contributed by atoms with Gasteiger partial charge in [-0.25, -0.2) is 0 Å². The Morgan fingerprint density at radius 3 is 2.50 bits per heavy atom. The van der Waals surface area contributed by atoms with Crippen LogP contribution in [0.15, 0.2) is 47.8 Å². The Morgan fingerprint density at radius 1 is 1.20 bits per heavy atom. The highest BCUT2D eigenvalue weighted by Gasteiger charge is 2.17. The summed E-state index contributed by atoms with van der Waals surface area (Å²) in [4.78, 5) is 8.07. The standard InChI is InChI=1S/C13H15N3O3S/c1-10-3-5-12(6-4-10)20(17,18)19-16-11(2)13-9-14-7-8-15-13/h3-9,11,16H,1-2H3. The third-order valence-electron chi connectivity index (χ3n) is 2.67. The molecule has 1 atom stereocenters.